The van der Waals surface area contributed by atoms with Crippen LogP contribution in [0.2, 0.25) is 0 Å². The Labute approximate surface area is 148 Å². The number of methoxy groups -OCH3 is 1. The topological polar surface area (TPSA) is 88.7 Å². The zero-order valence-electron chi connectivity index (χ0n) is 14.6. The van der Waals surface area contributed by atoms with E-state index in [9.17, 15) is 4.79 Å². The smallest absolute Gasteiger partial charge is 0.224 e. The van der Waals surface area contributed by atoms with Crippen molar-refractivity contribution in [2.24, 2.45) is 10.7 Å². The van der Waals surface area contributed by atoms with Gasteiger partial charge in [0, 0.05) is 12.1 Å². The standard InChI is InChI=1S/C19H24N4O2/c1-3-6-18(24)22-15-11-9-14(10-12-15)13-21-19(20)23-16-7-4-5-8-17(16)25-2/h4-5,7-12H,3,6,13H2,1-2H3,(H,22,24)(H3,20,21,23). The molecule has 0 aromatic heterocycles. The van der Waals surface area contributed by atoms with Crippen LogP contribution in [0, 0.1) is 0 Å². The van der Waals surface area contributed by atoms with E-state index in [1.54, 1.807) is 7.11 Å². The van der Waals surface area contributed by atoms with Gasteiger partial charge in [-0.05, 0) is 36.2 Å². The van der Waals surface area contributed by atoms with Crippen molar-refractivity contribution in [3.63, 3.8) is 0 Å². The fourth-order valence-corrected chi connectivity index (χ4v) is 2.25. The number of anilines is 2. The van der Waals surface area contributed by atoms with Crippen molar-refractivity contribution in [2.75, 3.05) is 17.7 Å². The molecule has 0 saturated carbocycles. The second-order valence-corrected chi connectivity index (χ2v) is 5.52. The van der Waals surface area contributed by atoms with Gasteiger partial charge in [-0.3, -0.25) is 4.79 Å². The summed E-state index contributed by atoms with van der Waals surface area (Å²) >= 11 is 0. The van der Waals surface area contributed by atoms with Gasteiger partial charge in [0.05, 0.1) is 19.3 Å². The summed E-state index contributed by atoms with van der Waals surface area (Å²) in [5.41, 5.74) is 8.48. The zero-order valence-corrected chi connectivity index (χ0v) is 14.6. The lowest BCUT2D eigenvalue weighted by Gasteiger charge is -2.10. The number of para-hydroxylation sites is 2. The van der Waals surface area contributed by atoms with E-state index < -0.39 is 0 Å². The zero-order chi connectivity index (χ0) is 18.1. The quantitative estimate of drug-likeness (QED) is 0.532. The molecule has 1 amide bonds. The van der Waals surface area contributed by atoms with E-state index in [1.807, 2.05) is 55.5 Å². The van der Waals surface area contributed by atoms with Gasteiger partial charge in [0.2, 0.25) is 5.91 Å². The van der Waals surface area contributed by atoms with Crippen LogP contribution in [0.1, 0.15) is 25.3 Å². The molecule has 0 aliphatic carbocycles. The number of nitrogens with one attached hydrogen (secondary N) is 2. The highest BCUT2D eigenvalue weighted by Crippen LogP contribution is 2.22. The number of rotatable bonds is 7. The summed E-state index contributed by atoms with van der Waals surface area (Å²) in [5.74, 6) is 1.04. The van der Waals surface area contributed by atoms with Crippen molar-refractivity contribution in [2.45, 2.75) is 26.3 Å². The van der Waals surface area contributed by atoms with Crippen LogP contribution in [0.15, 0.2) is 53.5 Å². The Morgan fingerprint density at radius 1 is 1.12 bits per heavy atom. The Balaban J connectivity index is 1.93. The first-order chi connectivity index (χ1) is 12.1. The van der Waals surface area contributed by atoms with Crippen molar-refractivity contribution >= 4 is 23.2 Å². The summed E-state index contributed by atoms with van der Waals surface area (Å²) in [7, 11) is 1.61. The van der Waals surface area contributed by atoms with Gasteiger partial charge in [-0.25, -0.2) is 4.99 Å². The second-order valence-electron chi connectivity index (χ2n) is 5.52. The van der Waals surface area contributed by atoms with Crippen molar-refractivity contribution in [1.82, 2.24) is 0 Å². The molecule has 0 radical (unpaired) electrons. The summed E-state index contributed by atoms with van der Waals surface area (Å²) < 4.78 is 5.26. The van der Waals surface area contributed by atoms with E-state index in [2.05, 4.69) is 15.6 Å². The van der Waals surface area contributed by atoms with Gasteiger partial charge in [0.25, 0.3) is 0 Å². The number of amides is 1. The lowest BCUT2D eigenvalue weighted by Crippen LogP contribution is -2.22. The summed E-state index contributed by atoms with van der Waals surface area (Å²) in [4.78, 5) is 15.9. The summed E-state index contributed by atoms with van der Waals surface area (Å²) in [6.07, 6.45) is 1.36. The number of nitrogens with two attached hydrogens (primary N) is 1. The number of ether oxygens (including phenoxy) is 1. The monoisotopic (exact) mass is 340 g/mol. The number of carbonyl (C=O) groups excluding carboxylic acids is 1. The highest BCUT2D eigenvalue weighted by Gasteiger charge is 2.03. The molecule has 132 valence electrons. The van der Waals surface area contributed by atoms with Crippen molar-refractivity contribution < 1.29 is 9.53 Å². The molecule has 0 spiro atoms. The van der Waals surface area contributed by atoms with Gasteiger partial charge in [-0.2, -0.15) is 0 Å². The maximum absolute atomic E-state index is 11.6. The number of nitrogens with zero attached hydrogens (tertiary/aromatic N) is 1. The molecule has 0 unspecified atom stereocenters. The molecule has 4 N–H and O–H groups in total. The maximum atomic E-state index is 11.6. The highest BCUT2D eigenvalue weighted by atomic mass is 16.5. The first kappa shape index (κ1) is 18.3. The molecule has 0 bridgehead atoms. The average molecular weight is 340 g/mol. The normalized spacial score (nSPS) is 11.0. The van der Waals surface area contributed by atoms with Crippen molar-refractivity contribution in [3.8, 4) is 5.75 Å². The van der Waals surface area contributed by atoms with E-state index in [4.69, 9.17) is 10.5 Å². The Bertz CT molecular complexity index is 726. The molecule has 0 aliphatic rings. The van der Waals surface area contributed by atoms with Gasteiger partial charge in [0.1, 0.15) is 5.75 Å². The van der Waals surface area contributed by atoms with Crippen molar-refractivity contribution in [3.05, 3.63) is 54.1 Å². The number of hydrogen-bond donors (Lipinski definition) is 3. The molecule has 2 rings (SSSR count). The first-order valence-corrected chi connectivity index (χ1v) is 8.21. The van der Waals surface area contributed by atoms with Gasteiger partial charge < -0.3 is 21.1 Å². The predicted octanol–water partition coefficient (Wildman–Crippen LogP) is 3.36. The first-order valence-electron chi connectivity index (χ1n) is 8.21. The van der Waals surface area contributed by atoms with E-state index in [0.717, 1.165) is 23.4 Å². The third-order valence-electron chi connectivity index (χ3n) is 3.52. The molecule has 25 heavy (non-hydrogen) atoms. The van der Waals surface area contributed by atoms with Crippen LogP contribution in [-0.4, -0.2) is 19.0 Å². The molecule has 6 nitrogen and oxygen atoms in total. The van der Waals surface area contributed by atoms with Crippen LogP contribution >= 0.6 is 0 Å². The third kappa shape index (κ3) is 5.84. The molecule has 0 saturated heterocycles. The minimum Gasteiger partial charge on any atom is -0.495 e. The summed E-state index contributed by atoms with van der Waals surface area (Å²) in [6, 6.07) is 15.1. The Hall–Kier alpha value is -3.02. The van der Waals surface area contributed by atoms with Gasteiger partial charge >= 0.3 is 0 Å². The van der Waals surface area contributed by atoms with Gasteiger partial charge in [-0.1, -0.05) is 31.2 Å². The summed E-state index contributed by atoms with van der Waals surface area (Å²) in [6.45, 7) is 2.42. The van der Waals surface area contributed by atoms with Gasteiger partial charge in [0.15, 0.2) is 5.96 Å². The summed E-state index contributed by atoms with van der Waals surface area (Å²) in [5, 5.41) is 5.88. The third-order valence-corrected chi connectivity index (χ3v) is 3.52. The number of aliphatic imine (C=N–C) groups is 1. The molecule has 2 aromatic rings. The Kier molecular flexibility index (Phi) is 6.83. The average Bonchev–Trinajstić information content (AvgIpc) is 2.62. The second kappa shape index (κ2) is 9.32. The highest BCUT2D eigenvalue weighted by molar-refractivity contribution is 5.93. The lowest BCUT2D eigenvalue weighted by molar-refractivity contribution is -0.116. The number of hydrogen-bond acceptors (Lipinski definition) is 3. The molecule has 0 aliphatic heterocycles. The number of benzene rings is 2. The van der Waals surface area contributed by atoms with E-state index in [1.165, 1.54) is 0 Å². The SMILES string of the molecule is CCCC(=O)Nc1ccc(CN=C(N)Nc2ccccc2OC)cc1. The molecule has 2 aromatic carbocycles. The predicted molar refractivity (Wildman–Crippen MR) is 102 cm³/mol. The van der Waals surface area contributed by atoms with Crippen LogP contribution in [0.25, 0.3) is 0 Å². The minimum absolute atomic E-state index is 0.0264. The molecular formula is C19H24N4O2. The van der Waals surface area contributed by atoms with Crippen LogP contribution in [0.5, 0.6) is 5.75 Å². The molecule has 0 fully saturated rings. The molecule has 6 heteroatoms. The van der Waals surface area contributed by atoms with Crippen LogP contribution in [-0.2, 0) is 11.3 Å². The fraction of sp³-hybridized carbons (Fsp3) is 0.263. The Morgan fingerprint density at radius 2 is 1.84 bits per heavy atom. The molecule has 0 atom stereocenters. The minimum atomic E-state index is 0.0264. The number of guanidine groups is 1. The maximum Gasteiger partial charge on any atom is 0.224 e. The molecular weight excluding hydrogens is 316 g/mol. The van der Waals surface area contributed by atoms with Crippen LogP contribution in [0.4, 0.5) is 11.4 Å². The van der Waals surface area contributed by atoms with Crippen LogP contribution < -0.4 is 21.1 Å². The van der Waals surface area contributed by atoms with Gasteiger partial charge in [-0.15, -0.1) is 0 Å². The van der Waals surface area contributed by atoms with E-state index in [-0.39, 0.29) is 5.91 Å². The molecule has 0 heterocycles. The van der Waals surface area contributed by atoms with Crippen LogP contribution in [0.3, 0.4) is 0 Å². The van der Waals surface area contributed by atoms with E-state index in [0.29, 0.717) is 24.7 Å². The largest absolute Gasteiger partial charge is 0.495 e. The van der Waals surface area contributed by atoms with Crippen molar-refractivity contribution in [1.29, 1.82) is 0 Å². The van der Waals surface area contributed by atoms with E-state index >= 15 is 0 Å². The number of carbonyl (C=O) groups is 1. The Morgan fingerprint density at radius 3 is 2.52 bits per heavy atom. The lowest BCUT2D eigenvalue weighted by atomic mass is 10.2. The fourth-order valence-electron chi connectivity index (χ4n) is 2.25.